The van der Waals surface area contributed by atoms with Crippen LogP contribution in [-0.2, 0) is 0 Å². The van der Waals surface area contributed by atoms with E-state index in [0.29, 0.717) is 28.9 Å². The van der Waals surface area contributed by atoms with E-state index in [1.165, 1.54) is 0 Å². The number of hydrogen-bond donors (Lipinski definition) is 3. The second-order valence-electron chi connectivity index (χ2n) is 5.37. The number of carbonyl (C=O) groups is 1. The minimum Gasteiger partial charge on any atom is -0.495 e. The average molecular weight is 313 g/mol. The lowest BCUT2D eigenvalue weighted by Crippen LogP contribution is -2.35. The van der Waals surface area contributed by atoms with E-state index in [1.807, 2.05) is 0 Å². The molecule has 1 aromatic rings. The van der Waals surface area contributed by atoms with E-state index in [-0.39, 0.29) is 12.1 Å². The molecule has 1 saturated carbocycles. The Morgan fingerprint density at radius 2 is 2.29 bits per heavy atom. The number of aliphatic hydroxyl groups is 1. The van der Waals surface area contributed by atoms with E-state index in [1.54, 1.807) is 25.3 Å². The molecule has 0 aliphatic heterocycles. The molecule has 6 heteroatoms. The molecule has 2 unspecified atom stereocenters. The van der Waals surface area contributed by atoms with Gasteiger partial charge < -0.3 is 20.5 Å². The largest absolute Gasteiger partial charge is 0.495 e. The van der Waals surface area contributed by atoms with Crippen molar-refractivity contribution in [1.29, 1.82) is 0 Å². The summed E-state index contributed by atoms with van der Waals surface area (Å²) in [7, 11) is 1.54. The van der Waals surface area contributed by atoms with Gasteiger partial charge in [0.15, 0.2) is 0 Å². The Balaban J connectivity index is 1.80. The van der Waals surface area contributed by atoms with Crippen LogP contribution < -0.4 is 15.4 Å². The molecule has 2 amide bonds. The van der Waals surface area contributed by atoms with Crippen molar-refractivity contribution >= 4 is 23.3 Å². The molecule has 0 aromatic heterocycles. The van der Waals surface area contributed by atoms with Crippen molar-refractivity contribution in [3.8, 4) is 5.75 Å². The first kappa shape index (κ1) is 15.9. The van der Waals surface area contributed by atoms with E-state index >= 15 is 0 Å². The fourth-order valence-corrected chi connectivity index (χ4v) is 2.86. The van der Waals surface area contributed by atoms with Gasteiger partial charge in [0.1, 0.15) is 5.75 Å². The highest BCUT2D eigenvalue weighted by Crippen LogP contribution is 2.27. The van der Waals surface area contributed by atoms with E-state index in [0.717, 1.165) is 25.7 Å². The third kappa shape index (κ3) is 4.79. The monoisotopic (exact) mass is 312 g/mol. The number of methoxy groups -OCH3 is 1. The molecule has 0 radical (unpaired) electrons. The van der Waals surface area contributed by atoms with Crippen LogP contribution in [-0.4, -0.2) is 30.9 Å². The first-order valence-corrected chi connectivity index (χ1v) is 7.52. The minimum atomic E-state index is -0.267. The number of carbonyl (C=O) groups excluding carboxylic acids is 1. The van der Waals surface area contributed by atoms with Gasteiger partial charge in [-0.05, 0) is 43.4 Å². The number of anilines is 1. The second-order valence-corrected chi connectivity index (χ2v) is 5.78. The number of rotatable bonds is 4. The van der Waals surface area contributed by atoms with Gasteiger partial charge >= 0.3 is 6.03 Å². The lowest BCUT2D eigenvalue weighted by Gasteiger charge is -2.25. The molecule has 0 bridgehead atoms. The molecule has 116 valence electrons. The van der Waals surface area contributed by atoms with E-state index in [2.05, 4.69) is 10.6 Å². The van der Waals surface area contributed by atoms with E-state index < -0.39 is 0 Å². The zero-order valence-corrected chi connectivity index (χ0v) is 12.8. The van der Waals surface area contributed by atoms with Crippen LogP contribution in [0, 0.1) is 5.92 Å². The maximum atomic E-state index is 11.8. The van der Waals surface area contributed by atoms with Crippen molar-refractivity contribution in [2.24, 2.45) is 5.92 Å². The molecule has 1 aliphatic carbocycles. The fraction of sp³-hybridized carbons (Fsp3) is 0.533. The van der Waals surface area contributed by atoms with Crippen LogP contribution >= 0.6 is 11.6 Å². The molecule has 2 rings (SSSR count). The summed E-state index contributed by atoms with van der Waals surface area (Å²) in [6.45, 7) is 0.576. The molecule has 1 aliphatic rings. The Labute approximate surface area is 129 Å². The smallest absolute Gasteiger partial charge is 0.319 e. The molecule has 21 heavy (non-hydrogen) atoms. The summed E-state index contributed by atoms with van der Waals surface area (Å²) < 4.78 is 5.06. The zero-order chi connectivity index (χ0) is 15.2. The van der Waals surface area contributed by atoms with Gasteiger partial charge in [0.2, 0.25) is 0 Å². The quantitative estimate of drug-likeness (QED) is 0.800. The second kappa shape index (κ2) is 7.52. The van der Waals surface area contributed by atoms with Gasteiger partial charge in [-0.3, -0.25) is 0 Å². The third-order valence-electron chi connectivity index (χ3n) is 3.72. The van der Waals surface area contributed by atoms with Crippen LogP contribution in [0.5, 0.6) is 5.75 Å². The number of amides is 2. The van der Waals surface area contributed by atoms with Gasteiger partial charge in [-0.2, -0.15) is 0 Å². The van der Waals surface area contributed by atoms with Crippen molar-refractivity contribution < 1.29 is 14.6 Å². The van der Waals surface area contributed by atoms with Crippen LogP contribution in [0.4, 0.5) is 10.5 Å². The van der Waals surface area contributed by atoms with Crippen molar-refractivity contribution in [2.45, 2.75) is 31.8 Å². The van der Waals surface area contributed by atoms with Gasteiger partial charge in [0.25, 0.3) is 0 Å². The molecule has 3 N–H and O–H groups in total. The molecular weight excluding hydrogens is 292 g/mol. The van der Waals surface area contributed by atoms with Gasteiger partial charge in [-0.1, -0.05) is 18.0 Å². The number of benzene rings is 1. The summed E-state index contributed by atoms with van der Waals surface area (Å²) in [5, 5.41) is 15.6. The predicted molar refractivity (Wildman–Crippen MR) is 83.0 cm³/mol. The van der Waals surface area contributed by atoms with Crippen molar-refractivity contribution in [2.75, 3.05) is 19.0 Å². The Morgan fingerprint density at radius 1 is 1.48 bits per heavy atom. The fourth-order valence-electron chi connectivity index (χ4n) is 2.60. The lowest BCUT2D eigenvalue weighted by molar-refractivity contribution is 0.101. The summed E-state index contributed by atoms with van der Waals surface area (Å²) in [6, 6.07) is 4.81. The standard InChI is InChI=1S/C15H21ClN2O3/c1-21-14-6-5-11(8-13(14)16)18-15(20)17-9-10-3-2-4-12(19)7-10/h5-6,8,10,12,19H,2-4,7,9H2,1H3,(H2,17,18,20). The lowest BCUT2D eigenvalue weighted by atomic mass is 9.87. The molecule has 0 saturated heterocycles. The normalized spacial score (nSPS) is 21.7. The minimum absolute atomic E-state index is 0.228. The van der Waals surface area contributed by atoms with E-state index in [4.69, 9.17) is 16.3 Å². The summed E-state index contributed by atoms with van der Waals surface area (Å²) in [6.07, 6.45) is 3.46. The molecule has 1 aromatic carbocycles. The number of hydrogen-bond acceptors (Lipinski definition) is 3. The molecular formula is C15H21ClN2O3. The molecule has 1 fully saturated rings. The van der Waals surface area contributed by atoms with Crippen molar-refractivity contribution in [1.82, 2.24) is 5.32 Å². The van der Waals surface area contributed by atoms with Crippen LogP contribution in [0.25, 0.3) is 0 Å². The highest BCUT2D eigenvalue weighted by atomic mass is 35.5. The maximum Gasteiger partial charge on any atom is 0.319 e. The van der Waals surface area contributed by atoms with Crippen molar-refractivity contribution in [3.63, 3.8) is 0 Å². The molecule has 2 atom stereocenters. The van der Waals surface area contributed by atoms with Gasteiger partial charge in [0, 0.05) is 12.2 Å². The predicted octanol–water partition coefficient (Wildman–Crippen LogP) is 3.02. The maximum absolute atomic E-state index is 11.8. The first-order chi connectivity index (χ1) is 10.1. The summed E-state index contributed by atoms with van der Waals surface area (Å²) >= 11 is 6.00. The Bertz CT molecular complexity index is 496. The summed E-state index contributed by atoms with van der Waals surface area (Å²) in [5.41, 5.74) is 0.613. The highest BCUT2D eigenvalue weighted by Gasteiger charge is 2.20. The molecule has 0 heterocycles. The van der Waals surface area contributed by atoms with Crippen LogP contribution in [0.15, 0.2) is 18.2 Å². The number of nitrogens with one attached hydrogen (secondary N) is 2. The van der Waals surface area contributed by atoms with Gasteiger partial charge in [-0.15, -0.1) is 0 Å². The van der Waals surface area contributed by atoms with E-state index in [9.17, 15) is 9.90 Å². The first-order valence-electron chi connectivity index (χ1n) is 7.15. The Morgan fingerprint density at radius 3 is 2.95 bits per heavy atom. The highest BCUT2D eigenvalue weighted by molar-refractivity contribution is 6.32. The SMILES string of the molecule is COc1ccc(NC(=O)NCC2CCCC(O)C2)cc1Cl. The molecule has 0 spiro atoms. The number of aliphatic hydroxyl groups excluding tert-OH is 1. The average Bonchev–Trinajstić information content (AvgIpc) is 2.45. The van der Waals surface area contributed by atoms with Gasteiger partial charge in [0.05, 0.1) is 18.2 Å². The van der Waals surface area contributed by atoms with Crippen LogP contribution in [0.1, 0.15) is 25.7 Å². The van der Waals surface area contributed by atoms with Gasteiger partial charge in [-0.25, -0.2) is 4.79 Å². The Kier molecular flexibility index (Phi) is 5.70. The number of urea groups is 1. The number of halogens is 1. The Hall–Kier alpha value is -1.46. The topological polar surface area (TPSA) is 70.6 Å². The zero-order valence-electron chi connectivity index (χ0n) is 12.1. The number of ether oxygens (including phenoxy) is 1. The third-order valence-corrected chi connectivity index (χ3v) is 4.01. The molecule has 5 nitrogen and oxygen atoms in total. The van der Waals surface area contributed by atoms with Crippen molar-refractivity contribution in [3.05, 3.63) is 23.2 Å². The van der Waals surface area contributed by atoms with Crippen LogP contribution in [0.3, 0.4) is 0 Å². The summed E-state index contributed by atoms with van der Waals surface area (Å²) in [5.74, 6) is 0.915. The summed E-state index contributed by atoms with van der Waals surface area (Å²) in [4.78, 5) is 11.8. The van der Waals surface area contributed by atoms with Crippen LogP contribution in [0.2, 0.25) is 5.02 Å².